The van der Waals surface area contributed by atoms with Gasteiger partial charge in [0.2, 0.25) is 5.76 Å². The molecule has 1 aliphatic rings. The Morgan fingerprint density at radius 2 is 2.37 bits per heavy atom. The second-order valence-corrected chi connectivity index (χ2v) is 5.84. The zero-order valence-electron chi connectivity index (χ0n) is 11.2. The molecule has 1 aromatic rings. The summed E-state index contributed by atoms with van der Waals surface area (Å²) in [5.41, 5.74) is 0. The van der Waals surface area contributed by atoms with Gasteiger partial charge >= 0.3 is 5.97 Å². The minimum atomic E-state index is -1.04. The standard InChI is InChI=1S/C13H19NO4S/c1-9(2)14-5-6-17-10(7-14)8-19-12-4-3-11(18-12)13(15)16/h3-4,9-10H,5-8H2,1-2H3,(H,15,16). The number of carboxylic acid groups (broad SMARTS) is 1. The largest absolute Gasteiger partial charge is 0.475 e. The average molecular weight is 285 g/mol. The smallest absolute Gasteiger partial charge is 0.371 e. The number of hydrogen-bond donors (Lipinski definition) is 1. The topological polar surface area (TPSA) is 62.9 Å². The first-order valence-electron chi connectivity index (χ1n) is 6.38. The van der Waals surface area contributed by atoms with Crippen molar-refractivity contribution in [3.63, 3.8) is 0 Å². The van der Waals surface area contributed by atoms with E-state index in [1.165, 1.54) is 17.8 Å². The summed E-state index contributed by atoms with van der Waals surface area (Å²) in [5.74, 6) is -0.280. The van der Waals surface area contributed by atoms with Crippen LogP contribution < -0.4 is 0 Å². The van der Waals surface area contributed by atoms with E-state index in [1.807, 2.05) is 0 Å². The molecule has 1 saturated heterocycles. The molecule has 1 N–H and O–H groups in total. The predicted molar refractivity (Wildman–Crippen MR) is 72.8 cm³/mol. The van der Waals surface area contributed by atoms with Gasteiger partial charge in [0.05, 0.1) is 12.7 Å². The molecule has 6 heteroatoms. The van der Waals surface area contributed by atoms with Crippen molar-refractivity contribution >= 4 is 17.7 Å². The van der Waals surface area contributed by atoms with Gasteiger partial charge in [0, 0.05) is 24.9 Å². The van der Waals surface area contributed by atoms with Crippen LogP contribution in [0, 0.1) is 0 Å². The van der Waals surface area contributed by atoms with Gasteiger partial charge in [0.15, 0.2) is 5.09 Å². The zero-order chi connectivity index (χ0) is 13.8. The van der Waals surface area contributed by atoms with E-state index in [0.29, 0.717) is 11.1 Å². The first-order valence-corrected chi connectivity index (χ1v) is 7.36. The van der Waals surface area contributed by atoms with E-state index >= 15 is 0 Å². The fraction of sp³-hybridized carbons (Fsp3) is 0.615. The summed E-state index contributed by atoms with van der Waals surface area (Å²) in [4.78, 5) is 13.1. The summed E-state index contributed by atoms with van der Waals surface area (Å²) in [6.07, 6.45) is 0.166. The summed E-state index contributed by atoms with van der Waals surface area (Å²) in [5, 5.41) is 9.40. The van der Waals surface area contributed by atoms with Crippen LogP contribution in [0.4, 0.5) is 0 Å². The van der Waals surface area contributed by atoms with Crippen LogP contribution >= 0.6 is 11.8 Å². The monoisotopic (exact) mass is 285 g/mol. The van der Waals surface area contributed by atoms with Gasteiger partial charge in [0.25, 0.3) is 0 Å². The van der Waals surface area contributed by atoms with Gasteiger partial charge in [-0.15, -0.1) is 0 Å². The van der Waals surface area contributed by atoms with Gasteiger partial charge in [-0.1, -0.05) is 11.8 Å². The van der Waals surface area contributed by atoms with E-state index in [-0.39, 0.29) is 11.9 Å². The molecule has 19 heavy (non-hydrogen) atoms. The zero-order valence-corrected chi connectivity index (χ0v) is 12.0. The van der Waals surface area contributed by atoms with Crippen molar-refractivity contribution in [3.8, 4) is 0 Å². The fourth-order valence-corrected chi connectivity index (χ4v) is 2.86. The van der Waals surface area contributed by atoms with Crippen LogP contribution in [0.25, 0.3) is 0 Å². The molecule has 0 spiro atoms. The van der Waals surface area contributed by atoms with Crippen LogP contribution in [-0.2, 0) is 4.74 Å². The van der Waals surface area contributed by atoms with Crippen molar-refractivity contribution in [2.24, 2.45) is 0 Å². The minimum Gasteiger partial charge on any atom is -0.475 e. The van der Waals surface area contributed by atoms with Gasteiger partial charge in [-0.3, -0.25) is 4.90 Å². The maximum Gasteiger partial charge on any atom is 0.371 e. The highest BCUT2D eigenvalue weighted by Crippen LogP contribution is 2.23. The Hall–Kier alpha value is -0.980. The van der Waals surface area contributed by atoms with Crippen molar-refractivity contribution in [2.45, 2.75) is 31.1 Å². The molecule has 1 atom stereocenters. The van der Waals surface area contributed by atoms with Crippen LogP contribution in [0.1, 0.15) is 24.4 Å². The van der Waals surface area contributed by atoms with Gasteiger partial charge in [-0.2, -0.15) is 0 Å². The second-order valence-electron chi connectivity index (χ2n) is 4.82. The summed E-state index contributed by atoms with van der Waals surface area (Å²) in [6, 6.07) is 3.70. The number of ether oxygens (including phenoxy) is 1. The molecule has 1 fully saturated rings. The van der Waals surface area contributed by atoms with Crippen molar-refractivity contribution in [3.05, 3.63) is 17.9 Å². The highest BCUT2D eigenvalue weighted by Gasteiger charge is 2.22. The first-order chi connectivity index (χ1) is 9.06. The molecule has 0 bridgehead atoms. The third-order valence-corrected chi connectivity index (χ3v) is 4.15. The molecule has 2 rings (SSSR count). The number of furan rings is 1. The lowest BCUT2D eigenvalue weighted by molar-refractivity contribution is -0.0265. The van der Waals surface area contributed by atoms with E-state index in [4.69, 9.17) is 14.3 Å². The van der Waals surface area contributed by atoms with Crippen molar-refractivity contribution in [2.75, 3.05) is 25.4 Å². The van der Waals surface area contributed by atoms with E-state index < -0.39 is 5.97 Å². The summed E-state index contributed by atoms with van der Waals surface area (Å²) < 4.78 is 10.9. The number of thioether (sulfide) groups is 1. The Balaban J connectivity index is 1.82. The Kier molecular flexibility index (Phi) is 4.90. The number of nitrogens with zero attached hydrogens (tertiary/aromatic N) is 1. The van der Waals surface area contributed by atoms with Gasteiger partial charge < -0.3 is 14.3 Å². The van der Waals surface area contributed by atoms with E-state index in [1.54, 1.807) is 6.07 Å². The predicted octanol–water partition coefficient (Wildman–Crippen LogP) is 2.18. The van der Waals surface area contributed by atoms with Gasteiger partial charge in [-0.05, 0) is 26.0 Å². The van der Waals surface area contributed by atoms with Crippen LogP contribution in [0.3, 0.4) is 0 Å². The normalized spacial score (nSPS) is 20.9. The lowest BCUT2D eigenvalue weighted by Crippen LogP contribution is -2.46. The van der Waals surface area contributed by atoms with Crippen molar-refractivity contribution in [1.29, 1.82) is 0 Å². The molecule has 1 aromatic heterocycles. The number of hydrogen-bond acceptors (Lipinski definition) is 5. The Labute approximate surface area is 116 Å². The quantitative estimate of drug-likeness (QED) is 0.837. The summed E-state index contributed by atoms with van der Waals surface area (Å²) >= 11 is 1.50. The minimum absolute atomic E-state index is 0.0177. The number of aromatic carboxylic acids is 1. The molecule has 5 nitrogen and oxygen atoms in total. The Morgan fingerprint density at radius 3 is 3.00 bits per heavy atom. The van der Waals surface area contributed by atoms with Crippen molar-refractivity contribution in [1.82, 2.24) is 4.90 Å². The molecule has 2 heterocycles. The van der Waals surface area contributed by atoms with Crippen LogP contribution in [0.15, 0.2) is 21.6 Å². The number of morpholine rings is 1. The summed E-state index contributed by atoms with van der Waals surface area (Å²) in [7, 11) is 0. The highest BCUT2D eigenvalue weighted by atomic mass is 32.2. The molecule has 0 aromatic carbocycles. The van der Waals surface area contributed by atoms with Crippen LogP contribution in [0.5, 0.6) is 0 Å². The van der Waals surface area contributed by atoms with Gasteiger partial charge in [0.1, 0.15) is 0 Å². The van der Waals surface area contributed by atoms with E-state index in [9.17, 15) is 4.79 Å². The SMILES string of the molecule is CC(C)N1CCOC(CSc2ccc(C(=O)O)o2)C1. The Bertz CT molecular complexity index is 432. The highest BCUT2D eigenvalue weighted by molar-refractivity contribution is 7.99. The van der Waals surface area contributed by atoms with Gasteiger partial charge in [-0.25, -0.2) is 4.79 Å². The molecule has 0 radical (unpaired) electrons. The lowest BCUT2D eigenvalue weighted by atomic mass is 10.2. The molecule has 0 amide bonds. The van der Waals surface area contributed by atoms with Crippen LogP contribution in [-0.4, -0.2) is 53.6 Å². The lowest BCUT2D eigenvalue weighted by Gasteiger charge is -2.35. The average Bonchev–Trinajstić information content (AvgIpc) is 2.85. The number of carbonyl (C=O) groups is 1. The first kappa shape index (κ1) is 14.4. The van der Waals surface area contributed by atoms with E-state index in [0.717, 1.165) is 25.4 Å². The molecule has 1 unspecified atom stereocenters. The Morgan fingerprint density at radius 1 is 1.58 bits per heavy atom. The molecular weight excluding hydrogens is 266 g/mol. The molecule has 0 aliphatic carbocycles. The number of rotatable bonds is 5. The van der Waals surface area contributed by atoms with Crippen molar-refractivity contribution < 1.29 is 19.1 Å². The summed E-state index contributed by atoms with van der Waals surface area (Å²) in [6.45, 7) is 7.00. The third-order valence-electron chi connectivity index (χ3n) is 3.10. The molecule has 106 valence electrons. The second kappa shape index (κ2) is 6.45. The fourth-order valence-electron chi connectivity index (χ4n) is 2.00. The van der Waals surface area contributed by atoms with Crippen LogP contribution in [0.2, 0.25) is 0 Å². The molecule has 0 saturated carbocycles. The molecule has 1 aliphatic heterocycles. The third kappa shape index (κ3) is 3.99. The molecular formula is C13H19NO4S. The maximum atomic E-state index is 10.7. The maximum absolute atomic E-state index is 10.7. The number of carboxylic acids is 1. The van der Waals surface area contributed by atoms with E-state index in [2.05, 4.69) is 18.7 Å².